The summed E-state index contributed by atoms with van der Waals surface area (Å²) in [6, 6.07) is 5.92. The summed E-state index contributed by atoms with van der Waals surface area (Å²) in [6.07, 6.45) is -0.0309. The van der Waals surface area contributed by atoms with Crippen LogP contribution in [0.2, 0.25) is 0 Å². The van der Waals surface area contributed by atoms with Gasteiger partial charge in [0.2, 0.25) is 5.91 Å². The number of aromatic nitrogens is 3. The van der Waals surface area contributed by atoms with Crippen LogP contribution in [0.4, 0.5) is 14.5 Å². The summed E-state index contributed by atoms with van der Waals surface area (Å²) in [5, 5.41) is 10.3. The molecule has 2 aromatic rings. The van der Waals surface area contributed by atoms with Crippen LogP contribution in [-0.2, 0) is 27.8 Å². The summed E-state index contributed by atoms with van der Waals surface area (Å²) < 4.78 is 35.8. The number of halogens is 2. The van der Waals surface area contributed by atoms with Gasteiger partial charge in [0.05, 0.1) is 17.5 Å². The molecule has 28 heavy (non-hydrogen) atoms. The highest BCUT2D eigenvalue weighted by Gasteiger charge is 2.21. The van der Waals surface area contributed by atoms with Crippen LogP contribution in [-0.4, -0.2) is 45.1 Å². The van der Waals surface area contributed by atoms with E-state index in [1.165, 1.54) is 18.2 Å². The SMILES string of the molecule is CCOC(=O)Cc1nnc(S[C@H](C)C(=O)Nc2ccccc2OC(F)F)n1C. The molecule has 0 radical (unpaired) electrons. The number of para-hydroxylation sites is 2. The molecule has 1 aromatic carbocycles. The van der Waals surface area contributed by atoms with Crippen LogP contribution in [0.25, 0.3) is 0 Å². The summed E-state index contributed by atoms with van der Waals surface area (Å²) in [7, 11) is 1.67. The lowest BCUT2D eigenvalue weighted by molar-refractivity contribution is -0.142. The number of hydrogen-bond donors (Lipinski definition) is 1. The Morgan fingerprint density at radius 2 is 2.00 bits per heavy atom. The van der Waals surface area contributed by atoms with Crippen LogP contribution < -0.4 is 10.1 Å². The van der Waals surface area contributed by atoms with Crippen LogP contribution in [0.15, 0.2) is 29.4 Å². The summed E-state index contributed by atoms with van der Waals surface area (Å²) in [5.74, 6) is -0.566. The third kappa shape index (κ3) is 5.91. The minimum absolute atomic E-state index is 0.0309. The van der Waals surface area contributed by atoms with Crippen molar-refractivity contribution in [1.82, 2.24) is 14.8 Å². The molecule has 1 aromatic heterocycles. The van der Waals surface area contributed by atoms with Gasteiger partial charge in [0.25, 0.3) is 0 Å². The molecule has 1 amide bonds. The molecule has 1 N–H and O–H groups in total. The molecule has 0 aliphatic heterocycles. The van der Waals surface area contributed by atoms with Crippen LogP contribution in [0, 0.1) is 0 Å². The molecule has 0 unspecified atom stereocenters. The molecule has 0 saturated carbocycles. The van der Waals surface area contributed by atoms with Crippen molar-refractivity contribution in [2.45, 2.75) is 37.3 Å². The first-order valence-corrected chi connectivity index (χ1v) is 9.25. The molecule has 2 rings (SSSR count). The highest BCUT2D eigenvalue weighted by molar-refractivity contribution is 8.00. The van der Waals surface area contributed by atoms with Crippen molar-refractivity contribution in [3.8, 4) is 5.75 Å². The second-order valence-corrected chi connectivity index (χ2v) is 6.87. The van der Waals surface area contributed by atoms with Crippen molar-refractivity contribution in [3.05, 3.63) is 30.1 Å². The standard InChI is InChI=1S/C17H20F2N4O4S/c1-4-26-14(24)9-13-21-22-17(23(13)3)28-10(2)15(25)20-11-7-5-6-8-12(11)27-16(18)19/h5-8,10,16H,4,9H2,1-3H3,(H,20,25)/t10-/m1/s1. The number of nitrogens with zero attached hydrogens (tertiary/aromatic N) is 3. The maximum Gasteiger partial charge on any atom is 0.387 e. The Labute approximate surface area is 164 Å². The van der Waals surface area contributed by atoms with Crippen molar-refractivity contribution in [3.63, 3.8) is 0 Å². The Hall–Kier alpha value is -2.69. The Kier molecular flexibility index (Phi) is 7.73. The van der Waals surface area contributed by atoms with Gasteiger partial charge in [-0.05, 0) is 26.0 Å². The minimum Gasteiger partial charge on any atom is -0.466 e. The Morgan fingerprint density at radius 3 is 2.68 bits per heavy atom. The molecule has 152 valence electrons. The first-order chi connectivity index (χ1) is 13.3. The molecule has 0 spiro atoms. The second kappa shape index (κ2) is 10.0. The van der Waals surface area contributed by atoms with Crippen molar-refractivity contribution >= 4 is 29.3 Å². The van der Waals surface area contributed by atoms with Crippen molar-refractivity contribution < 1.29 is 27.8 Å². The van der Waals surface area contributed by atoms with Crippen molar-refractivity contribution in [2.24, 2.45) is 7.05 Å². The van der Waals surface area contributed by atoms with Gasteiger partial charge in [-0.15, -0.1) is 10.2 Å². The van der Waals surface area contributed by atoms with E-state index in [1.807, 2.05) is 0 Å². The average molecular weight is 414 g/mol. The van der Waals surface area contributed by atoms with Gasteiger partial charge in [0, 0.05) is 7.05 Å². The first kappa shape index (κ1) is 21.6. The topological polar surface area (TPSA) is 95.3 Å². The number of thioether (sulfide) groups is 1. The minimum atomic E-state index is -3.00. The normalized spacial score (nSPS) is 11.9. The smallest absolute Gasteiger partial charge is 0.387 e. The predicted octanol–water partition coefficient (Wildman–Crippen LogP) is 2.64. The molecule has 0 bridgehead atoms. The van der Waals surface area contributed by atoms with Crippen LogP contribution in [0.1, 0.15) is 19.7 Å². The molecule has 1 heterocycles. The average Bonchev–Trinajstić information content (AvgIpc) is 2.96. The molecule has 8 nitrogen and oxygen atoms in total. The van der Waals surface area contributed by atoms with Gasteiger partial charge < -0.3 is 19.4 Å². The molecule has 0 aliphatic carbocycles. The van der Waals surface area contributed by atoms with Gasteiger partial charge in [0.1, 0.15) is 18.0 Å². The summed E-state index contributed by atoms with van der Waals surface area (Å²) in [4.78, 5) is 24.0. The molecule has 11 heteroatoms. The number of rotatable bonds is 9. The van der Waals surface area contributed by atoms with E-state index in [0.29, 0.717) is 11.0 Å². The highest BCUT2D eigenvalue weighted by Crippen LogP contribution is 2.28. The fourth-order valence-electron chi connectivity index (χ4n) is 2.16. The number of nitrogens with one attached hydrogen (secondary N) is 1. The number of ether oxygens (including phenoxy) is 2. The number of amides is 1. The van der Waals surface area contributed by atoms with Crippen LogP contribution in [0.3, 0.4) is 0 Å². The quantitative estimate of drug-likeness (QED) is 0.498. The molecular formula is C17H20F2N4O4S. The van der Waals surface area contributed by atoms with Gasteiger partial charge in [-0.2, -0.15) is 8.78 Å². The van der Waals surface area contributed by atoms with E-state index >= 15 is 0 Å². The summed E-state index contributed by atoms with van der Waals surface area (Å²) in [6.45, 7) is 0.615. The van der Waals surface area contributed by atoms with E-state index in [4.69, 9.17) is 4.74 Å². The second-order valence-electron chi connectivity index (χ2n) is 5.56. The molecule has 0 fully saturated rings. The lowest BCUT2D eigenvalue weighted by Crippen LogP contribution is -2.23. The van der Waals surface area contributed by atoms with Gasteiger partial charge >= 0.3 is 12.6 Å². The summed E-state index contributed by atoms with van der Waals surface area (Å²) in [5.41, 5.74) is 0.140. The zero-order chi connectivity index (χ0) is 20.7. The van der Waals surface area contributed by atoms with Crippen LogP contribution >= 0.6 is 11.8 Å². The Bertz CT molecular complexity index is 831. The largest absolute Gasteiger partial charge is 0.466 e. The lowest BCUT2D eigenvalue weighted by Gasteiger charge is -2.14. The number of hydrogen-bond acceptors (Lipinski definition) is 7. The third-order valence-corrected chi connectivity index (χ3v) is 4.68. The number of carbonyl (C=O) groups excluding carboxylic acids is 2. The number of anilines is 1. The molecular weight excluding hydrogens is 394 g/mol. The third-order valence-electron chi connectivity index (χ3n) is 3.55. The first-order valence-electron chi connectivity index (χ1n) is 8.37. The monoisotopic (exact) mass is 414 g/mol. The van der Waals surface area contributed by atoms with E-state index < -0.39 is 23.7 Å². The molecule has 0 saturated heterocycles. The van der Waals surface area contributed by atoms with E-state index in [9.17, 15) is 18.4 Å². The van der Waals surface area contributed by atoms with Crippen LogP contribution in [0.5, 0.6) is 5.75 Å². The van der Waals surface area contributed by atoms with Gasteiger partial charge in [-0.25, -0.2) is 0 Å². The number of benzene rings is 1. The van der Waals surface area contributed by atoms with Crippen molar-refractivity contribution in [2.75, 3.05) is 11.9 Å². The Morgan fingerprint density at radius 1 is 1.29 bits per heavy atom. The number of carbonyl (C=O) groups is 2. The molecule has 0 aliphatic rings. The zero-order valence-electron chi connectivity index (χ0n) is 15.5. The zero-order valence-corrected chi connectivity index (χ0v) is 16.3. The van der Waals surface area contributed by atoms with E-state index in [0.717, 1.165) is 11.8 Å². The molecule has 1 atom stereocenters. The lowest BCUT2D eigenvalue weighted by atomic mass is 10.3. The van der Waals surface area contributed by atoms with E-state index in [1.54, 1.807) is 31.5 Å². The highest BCUT2D eigenvalue weighted by atomic mass is 32.2. The number of alkyl halides is 2. The van der Waals surface area contributed by atoms with Gasteiger partial charge in [0.15, 0.2) is 5.16 Å². The predicted molar refractivity (Wildman–Crippen MR) is 98.4 cm³/mol. The fourth-order valence-corrected chi connectivity index (χ4v) is 2.99. The van der Waals surface area contributed by atoms with E-state index in [2.05, 4.69) is 20.3 Å². The summed E-state index contributed by atoms with van der Waals surface area (Å²) >= 11 is 1.11. The van der Waals surface area contributed by atoms with Gasteiger partial charge in [-0.3, -0.25) is 9.59 Å². The Balaban J connectivity index is 2.02. The maximum atomic E-state index is 12.5. The number of esters is 1. The fraction of sp³-hybridized carbons (Fsp3) is 0.412. The maximum absolute atomic E-state index is 12.5. The van der Waals surface area contributed by atoms with Gasteiger partial charge in [-0.1, -0.05) is 23.9 Å². The van der Waals surface area contributed by atoms with E-state index in [-0.39, 0.29) is 24.5 Å². The van der Waals surface area contributed by atoms with Crippen molar-refractivity contribution in [1.29, 1.82) is 0 Å².